The molecule has 0 spiro atoms. The van der Waals surface area contributed by atoms with Crippen LogP contribution in [0.1, 0.15) is 21.8 Å². The summed E-state index contributed by atoms with van der Waals surface area (Å²) in [5.41, 5.74) is 3.21. The van der Waals surface area contributed by atoms with Gasteiger partial charge in [-0.25, -0.2) is 4.98 Å². The van der Waals surface area contributed by atoms with Crippen molar-refractivity contribution in [3.8, 4) is 5.75 Å². The molecule has 5 heteroatoms. The van der Waals surface area contributed by atoms with Crippen LogP contribution in [0.5, 0.6) is 5.75 Å². The van der Waals surface area contributed by atoms with Gasteiger partial charge in [0.2, 0.25) is 0 Å². The zero-order chi connectivity index (χ0) is 17.1. The smallest absolute Gasteiger partial charge is 0.261 e. The molecule has 0 fully saturated rings. The standard InChI is InChI=1S/C20H18N2O2S/c23-20(18-11-15-8-4-5-9-17(15)24-18)21-12-16-13-25-19(22-16)10-14-6-2-1-3-7-14/h1-9,13,18H,10-12H2,(H,21,23)/t18-/m1/s1. The van der Waals surface area contributed by atoms with Gasteiger partial charge in [0.15, 0.2) is 6.10 Å². The molecule has 0 aliphatic carbocycles. The Kier molecular flexibility index (Phi) is 4.48. The third-order valence-corrected chi connectivity index (χ3v) is 5.08. The van der Waals surface area contributed by atoms with E-state index in [1.807, 2.05) is 47.8 Å². The lowest BCUT2D eigenvalue weighted by Gasteiger charge is -2.10. The molecule has 1 N–H and O–H groups in total. The Morgan fingerprint density at radius 2 is 1.96 bits per heavy atom. The van der Waals surface area contributed by atoms with Crippen LogP contribution in [0.4, 0.5) is 0 Å². The molecule has 0 saturated heterocycles. The summed E-state index contributed by atoms with van der Waals surface area (Å²) in [6.45, 7) is 0.431. The number of para-hydroxylation sites is 1. The summed E-state index contributed by atoms with van der Waals surface area (Å²) >= 11 is 1.62. The van der Waals surface area contributed by atoms with Gasteiger partial charge in [0.05, 0.1) is 17.2 Å². The molecule has 2 heterocycles. The second kappa shape index (κ2) is 7.07. The molecule has 0 radical (unpaired) electrons. The minimum Gasteiger partial charge on any atom is -0.480 e. The number of hydrogen-bond donors (Lipinski definition) is 1. The highest BCUT2D eigenvalue weighted by molar-refractivity contribution is 7.09. The van der Waals surface area contributed by atoms with Gasteiger partial charge in [0, 0.05) is 18.2 Å². The molecule has 25 heavy (non-hydrogen) atoms. The summed E-state index contributed by atoms with van der Waals surface area (Å²) in [6, 6.07) is 18.0. The quantitative estimate of drug-likeness (QED) is 0.768. The third kappa shape index (κ3) is 3.72. The third-order valence-electron chi connectivity index (χ3n) is 4.18. The Morgan fingerprint density at radius 1 is 1.16 bits per heavy atom. The average Bonchev–Trinajstić information content (AvgIpc) is 3.27. The number of nitrogens with zero attached hydrogens (tertiary/aromatic N) is 1. The number of nitrogens with one attached hydrogen (secondary N) is 1. The SMILES string of the molecule is O=C(NCc1csc(Cc2ccccc2)n1)[C@H]1Cc2ccccc2O1. The average molecular weight is 350 g/mol. The number of amides is 1. The van der Waals surface area contributed by atoms with Crippen LogP contribution >= 0.6 is 11.3 Å². The van der Waals surface area contributed by atoms with Crippen LogP contribution in [0.25, 0.3) is 0 Å². The largest absolute Gasteiger partial charge is 0.480 e. The summed E-state index contributed by atoms with van der Waals surface area (Å²) in [5.74, 6) is 0.718. The first-order chi connectivity index (χ1) is 12.3. The normalized spacial score (nSPS) is 15.4. The summed E-state index contributed by atoms with van der Waals surface area (Å²) in [4.78, 5) is 16.9. The van der Waals surface area contributed by atoms with E-state index in [9.17, 15) is 4.79 Å². The molecule has 1 aromatic heterocycles. The minimum atomic E-state index is -0.445. The van der Waals surface area contributed by atoms with E-state index in [1.54, 1.807) is 11.3 Å². The Hall–Kier alpha value is -2.66. The number of carbonyl (C=O) groups is 1. The zero-order valence-corrected chi connectivity index (χ0v) is 14.5. The van der Waals surface area contributed by atoms with Crippen LogP contribution in [0, 0.1) is 0 Å². The molecule has 4 nitrogen and oxygen atoms in total. The highest BCUT2D eigenvalue weighted by Crippen LogP contribution is 2.28. The van der Waals surface area contributed by atoms with Gasteiger partial charge in [-0.15, -0.1) is 11.3 Å². The fourth-order valence-electron chi connectivity index (χ4n) is 2.90. The van der Waals surface area contributed by atoms with Crippen molar-refractivity contribution < 1.29 is 9.53 Å². The van der Waals surface area contributed by atoms with Crippen LogP contribution in [-0.2, 0) is 24.2 Å². The lowest BCUT2D eigenvalue weighted by atomic mass is 10.1. The number of rotatable bonds is 5. The van der Waals surface area contributed by atoms with Crippen molar-refractivity contribution in [2.75, 3.05) is 0 Å². The van der Waals surface area contributed by atoms with Gasteiger partial charge in [0.25, 0.3) is 5.91 Å². The molecule has 1 amide bonds. The fraction of sp³-hybridized carbons (Fsp3) is 0.200. The minimum absolute atomic E-state index is 0.0891. The Balaban J connectivity index is 1.31. The molecular weight excluding hydrogens is 332 g/mol. The van der Waals surface area contributed by atoms with Crippen LogP contribution < -0.4 is 10.1 Å². The van der Waals surface area contributed by atoms with Gasteiger partial charge in [-0.2, -0.15) is 0 Å². The van der Waals surface area contributed by atoms with Crippen molar-refractivity contribution >= 4 is 17.2 Å². The molecule has 0 bridgehead atoms. The second-order valence-electron chi connectivity index (χ2n) is 6.03. The molecule has 1 aliphatic heterocycles. The summed E-state index contributed by atoms with van der Waals surface area (Å²) < 4.78 is 5.71. The summed E-state index contributed by atoms with van der Waals surface area (Å²) in [7, 11) is 0. The molecule has 4 rings (SSSR count). The van der Waals surface area contributed by atoms with E-state index in [0.717, 1.165) is 28.4 Å². The second-order valence-corrected chi connectivity index (χ2v) is 6.97. The van der Waals surface area contributed by atoms with Crippen LogP contribution in [0.3, 0.4) is 0 Å². The van der Waals surface area contributed by atoms with Gasteiger partial charge >= 0.3 is 0 Å². The molecule has 0 unspecified atom stereocenters. The number of hydrogen-bond acceptors (Lipinski definition) is 4. The number of benzene rings is 2. The number of aromatic nitrogens is 1. The van der Waals surface area contributed by atoms with Crippen molar-refractivity contribution in [3.63, 3.8) is 0 Å². The molecule has 126 valence electrons. The Bertz CT molecular complexity index is 851. The van der Waals surface area contributed by atoms with E-state index in [4.69, 9.17) is 4.74 Å². The van der Waals surface area contributed by atoms with Gasteiger partial charge in [-0.1, -0.05) is 48.5 Å². The van der Waals surface area contributed by atoms with E-state index in [1.165, 1.54) is 5.56 Å². The van der Waals surface area contributed by atoms with Crippen LogP contribution in [0.2, 0.25) is 0 Å². The Labute approximate surface area is 150 Å². The number of fused-ring (bicyclic) bond motifs is 1. The van der Waals surface area contributed by atoms with Crippen molar-refractivity contribution in [2.24, 2.45) is 0 Å². The van der Waals surface area contributed by atoms with Gasteiger partial charge < -0.3 is 10.1 Å². The summed E-state index contributed by atoms with van der Waals surface area (Å²) in [5, 5.41) is 5.99. The molecule has 2 aromatic carbocycles. The lowest BCUT2D eigenvalue weighted by Crippen LogP contribution is -2.37. The van der Waals surface area contributed by atoms with Gasteiger partial charge in [0.1, 0.15) is 5.75 Å². The first-order valence-electron chi connectivity index (χ1n) is 8.27. The number of ether oxygens (including phenoxy) is 1. The van der Waals surface area contributed by atoms with E-state index in [0.29, 0.717) is 13.0 Å². The molecular formula is C20H18N2O2S. The topological polar surface area (TPSA) is 51.2 Å². The molecule has 3 aromatic rings. The van der Waals surface area contributed by atoms with Crippen molar-refractivity contribution in [1.29, 1.82) is 0 Å². The molecule has 1 atom stereocenters. The lowest BCUT2D eigenvalue weighted by molar-refractivity contribution is -0.127. The predicted octanol–water partition coefficient (Wildman–Crippen LogP) is 3.35. The summed E-state index contributed by atoms with van der Waals surface area (Å²) in [6.07, 6.45) is 0.999. The highest BCUT2D eigenvalue weighted by atomic mass is 32.1. The van der Waals surface area contributed by atoms with E-state index < -0.39 is 6.10 Å². The van der Waals surface area contributed by atoms with Crippen LogP contribution in [0.15, 0.2) is 60.0 Å². The van der Waals surface area contributed by atoms with Gasteiger partial charge in [-0.3, -0.25) is 4.79 Å². The maximum atomic E-state index is 12.3. The monoisotopic (exact) mass is 350 g/mol. The van der Waals surface area contributed by atoms with E-state index >= 15 is 0 Å². The van der Waals surface area contributed by atoms with Crippen molar-refractivity contribution in [2.45, 2.75) is 25.5 Å². The van der Waals surface area contributed by atoms with Crippen LogP contribution in [-0.4, -0.2) is 17.0 Å². The number of carbonyl (C=O) groups excluding carboxylic acids is 1. The molecule has 1 aliphatic rings. The van der Waals surface area contributed by atoms with Gasteiger partial charge in [-0.05, 0) is 17.2 Å². The highest BCUT2D eigenvalue weighted by Gasteiger charge is 2.28. The van der Waals surface area contributed by atoms with Crippen molar-refractivity contribution in [3.05, 3.63) is 81.8 Å². The maximum Gasteiger partial charge on any atom is 0.261 e. The zero-order valence-electron chi connectivity index (χ0n) is 13.6. The predicted molar refractivity (Wildman–Crippen MR) is 97.8 cm³/mol. The number of thiazole rings is 1. The van der Waals surface area contributed by atoms with Crippen molar-refractivity contribution in [1.82, 2.24) is 10.3 Å². The van der Waals surface area contributed by atoms with E-state index in [2.05, 4.69) is 22.4 Å². The fourth-order valence-corrected chi connectivity index (χ4v) is 3.73. The van der Waals surface area contributed by atoms with E-state index in [-0.39, 0.29) is 5.91 Å². The maximum absolute atomic E-state index is 12.3. The Morgan fingerprint density at radius 3 is 2.80 bits per heavy atom. The first-order valence-corrected chi connectivity index (χ1v) is 9.15. The molecule has 0 saturated carbocycles. The first kappa shape index (κ1) is 15.8.